The number of carbonyl (C=O) groups is 8. The molecule has 0 aromatic heterocycles. The number of amides is 3. The molecule has 1 fully saturated rings. The van der Waals surface area contributed by atoms with Gasteiger partial charge in [0.15, 0.2) is 0 Å². The maximum absolute atomic E-state index is 12.0. The van der Waals surface area contributed by atoms with Gasteiger partial charge < -0.3 is 35.6 Å². The number of carbonyl (C=O) groups excluding carboxylic acids is 6. The van der Waals surface area contributed by atoms with Crippen LogP contribution in [0.4, 0.5) is 0 Å². The second-order valence-electron chi connectivity index (χ2n) is 10.7. The van der Waals surface area contributed by atoms with Gasteiger partial charge in [-0.2, -0.15) is 0 Å². The number of carboxylic acid groups (broad SMARTS) is 2. The van der Waals surface area contributed by atoms with E-state index < -0.39 is 71.5 Å². The van der Waals surface area contributed by atoms with Gasteiger partial charge in [-0.3, -0.25) is 33.6 Å². The number of hydrogen-bond donors (Lipinski definition) is 4. The Kier molecular flexibility index (Phi) is 21.6. The molecular formula is C30H47N3O13. The van der Waals surface area contributed by atoms with Crippen molar-refractivity contribution in [1.29, 1.82) is 0 Å². The molecule has 4 atom stereocenters. The van der Waals surface area contributed by atoms with Crippen molar-refractivity contribution < 1.29 is 62.9 Å². The zero-order valence-corrected chi connectivity index (χ0v) is 27.2. The van der Waals surface area contributed by atoms with Crippen LogP contribution in [-0.4, -0.2) is 88.1 Å². The number of imide groups is 1. The molecule has 0 aromatic carbocycles. The van der Waals surface area contributed by atoms with Gasteiger partial charge in [-0.1, -0.05) is 53.0 Å². The molecule has 1 saturated heterocycles. The Balaban J connectivity index is 0. The highest BCUT2D eigenvalue weighted by Gasteiger charge is 2.36. The third-order valence-electron chi connectivity index (χ3n) is 6.05. The second kappa shape index (κ2) is 22.8. The van der Waals surface area contributed by atoms with Crippen molar-refractivity contribution in [1.82, 2.24) is 10.4 Å². The Morgan fingerprint density at radius 3 is 1.52 bits per heavy atom. The number of esters is 2. The molecule has 0 aromatic rings. The van der Waals surface area contributed by atoms with E-state index in [9.17, 15) is 38.4 Å². The number of ether oxygens (including phenoxy) is 2. The Morgan fingerprint density at radius 2 is 1.20 bits per heavy atom. The number of nitrogens with one attached hydrogen (secondary N) is 1. The fourth-order valence-corrected chi connectivity index (χ4v) is 3.20. The molecule has 0 radical (unpaired) electrons. The van der Waals surface area contributed by atoms with Gasteiger partial charge >= 0.3 is 29.8 Å². The van der Waals surface area contributed by atoms with Gasteiger partial charge in [-0.05, 0) is 25.7 Å². The first-order valence-electron chi connectivity index (χ1n) is 14.4. The Bertz CT molecular complexity index is 1090. The summed E-state index contributed by atoms with van der Waals surface area (Å²) >= 11 is 0. The van der Waals surface area contributed by atoms with E-state index in [1.165, 1.54) is 26.0 Å². The molecule has 1 rings (SSSR count). The highest BCUT2D eigenvalue weighted by Crippen LogP contribution is 2.21. The highest BCUT2D eigenvalue weighted by atomic mass is 16.7. The Labute approximate surface area is 268 Å². The van der Waals surface area contributed by atoms with Crippen LogP contribution in [0.2, 0.25) is 0 Å². The van der Waals surface area contributed by atoms with E-state index >= 15 is 0 Å². The molecule has 0 spiro atoms. The number of hydroxylamine groups is 2. The summed E-state index contributed by atoms with van der Waals surface area (Å²) in [5, 5.41) is 19.4. The van der Waals surface area contributed by atoms with Gasteiger partial charge in [0.2, 0.25) is 5.91 Å². The van der Waals surface area contributed by atoms with Gasteiger partial charge in [0.1, 0.15) is 25.3 Å². The molecule has 1 aliphatic heterocycles. The molecule has 0 saturated carbocycles. The van der Waals surface area contributed by atoms with Crippen LogP contribution >= 0.6 is 0 Å². The van der Waals surface area contributed by atoms with Crippen molar-refractivity contribution in [2.24, 2.45) is 29.4 Å². The minimum absolute atomic E-state index is 0.0276. The first-order chi connectivity index (χ1) is 21.3. The molecule has 0 aliphatic carbocycles. The van der Waals surface area contributed by atoms with E-state index in [1.807, 2.05) is 0 Å². The molecule has 5 N–H and O–H groups in total. The number of nitrogens with zero attached hydrogens (tertiary/aromatic N) is 1. The van der Waals surface area contributed by atoms with Crippen molar-refractivity contribution in [3.8, 4) is 0 Å². The SMILES string of the molecule is C=CCOC(=O)C[C@H](C(=O)N[C@@H](C)C(=O)O)C(C)C.C=CCOC(=O)C[C@H](C(=O)ON1C(=O)CCC1=O)C(C)C.C[C@H](N)C(=O)O. The summed E-state index contributed by atoms with van der Waals surface area (Å²) in [6.45, 7) is 16.8. The van der Waals surface area contributed by atoms with Crippen LogP contribution in [0.25, 0.3) is 0 Å². The first kappa shape index (κ1) is 43.5. The minimum atomic E-state index is -1.12. The van der Waals surface area contributed by atoms with Crippen LogP contribution in [0, 0.1) is 23.7 Å². The predicted octanol–water partition coefficient (Wildman–Crippen LogP) is 1.37. The van der Waals surface area contributed by atoms with Crippen LogP contribution in [0.15, 0.2) is 25.3 Å². The van der Waals surface area contributed by atoms with E-state index in [1.54, 1.807) is 27.7 Å². The van der Waals surface area contributed by atoms with Crippen LogP contribution in [-0.2, 0) is 52.7 Å². The fourth-order valence-electron chi connectivity index (χ4n) is 3.20. The molecule has 46 heavy (non-hydrogen) atoms. The topological polar surface area (TPSA) is 246 Å². The van der Waals surface area contributed by atoms with Crippen LogP contribution in [0.3, 0.4) is 0 Å². The largest absolute Gasteiger partial charge is 0.480 e. The second-order valence-corrected chi connectivity index (χ2v) is 10.7. The van der Waals surface area contributed by atoms with E-state index in [0.717, 1.165) is 0 Å². The molecule has 1 heterocycles. The van der Waals surface area contributed by atoms with Crippen molar-refractivity contribution in [3.05, 3.63) is 25.3 Å². The molecule has 260 valence electrons. The summed E-state index contributed by atoms with van der Waals surface area (Å²) in [5.41, 5.74) is 4.84. The number of rotatable bonds is 16. The van der Waals surface area contributed by atoms with E-state index in [2.05, 4.69) is 18.5 Å². The Morgan fingerprint density at radius 1 is 0.804 bits per heavy atom. The lowest BCUT2D eigenvalue weighted by Crippen LogP contribution is -2.43. The molecule has 0 unspecified atom stereocenters. The third kappa shape index (κ3) is 18.3. The van der Waals surface area contributed by atoms with E-state index in [-0.39, 0.29) is 50.7 Å². The first-order valence-corrected chi connectivity index (χ1v) is 14.4. The number of aliphatic carboxylic acids is 2. The zero-order valence-electron chi connectivity index (χ0n) is 27.2. The van der Waals surface area contributed by atoms with Crippen LogP contribution < -0.4 is 11.1 Å². The average molecular weight is 658 g/mol. The molecule has 16 nitrogen and oxygen atoms in total. The van der Waals surface area contributed by atoms with Crippen molar-refractivity contribution >= 4 is 47.6 Å². The van der Waals surface area contributed by atoms with Crippen LogP contribution in [0.1, 0.15) is 67.2 Å². The quantitative estimate of drug-likeness (QED) is 0.104. The maximum atomic E-state index is 12.0. The molecule has 0 bridgehead atoms. The van der Waals surface area contributed by atoms with Gasteiger partial charge in [-0.15, -0.1) is 5.06 Å². The minimum Gasteiger partial charge on any atom is -0.480 e. The highest BCUT2D eigenvalue weighted by molar-refractivity contribution is 6.01. The normalized spacial score (nSPS) is 14.7. The van der Waals surface area contributed by atoms with Crippen LogP contribution in [0.5, 0.6) is 0 Å². The standard InChI is InChI=1S/C14H19NO6.C13H21NO5.C3H7NO2/c1-4-7-20-13(18)8-10(9(2)3)14(19)21-15-11(16)5-6-12(15)17;1-5-6-19-11(15)7-10(8(2)3)12(16)14-9(4)13(17)18;1-2(4)3(5)6/h4,9-10H,1,5-8H2,2-3H3;5,8-10H,1,6-7H2,2-4H3,(H,14,16)(H,17,18);2H,4H2,1H3,(H,5,6)/t10-;9-,10-;2-/m000/s1. The number of nitrogens with two attached hydrogens (primary N) is 1. The summed E-state index contributed by atoms with van der Waals surface area (Å²) in [6.07, 6.45) is 2.65. The zero-order chi connectivity index (χ0) is 36.1. The van der Waals surface area contributed by atoms with Gasteiger partial charge in [0, 0.05) is 12.8 Å². The molecule has 1 aliphatic rings. The number of carboxylic acids is 2. The van der Waals surface area contributed by atoms with E-state index in [4.69, 9.17) is 30.3 Å². The summed E-state index contributed by atoms with van der Waals surface area (Å²) in [6, 6.07) is -1.72. The lowest BCUT2D eigenvalue weighted by molar-refractivity contribution is -0.202. The third-order valence-corrected chi connectivity index (χ3v) is 6.05. The van der Waals surface area contributed by atoms with Crippen molar-refractivity contribution in [2.45, 2.75) is 79.3 Å². The van der Waals surface area contributed by atoms with Gasteiger partial charge in [0.05, 0.1) is 24.7 Å². The lowest BCUT2D eigenvalue weighted by Gasteiger charge is -2.20. The van der Waals surface area contributed by atoms with E-state index in [0.29, 0.717) is 5.06 Å². The molecule has 16 heteroatoms. The fraction of sp³-hybridized carbons (Fsp3) is 0.600. The lowest BCUT2D eigenvalue weighted by atomic mass is 9.91. The van der Waals surface area contributed by atoms with Gasteiger partial charge in [-0.25, -0.2) is 4.79 Å². The molecule has 3 amide bonds. The number of hydrogen-bond acceptors (Lipinski definition) is 12. The summed E-state index contributed by atoms with van der Waals surface area (Å²) in [7, 11) is 0. The summed E-state index contributed by atoms with van der Waals surface area (Å²) < 4.78 is 9.64. The molecular weight excluding hydrogens is 610 g/mol. The summed E-state index contributed by atoms with van der Waals surface area (Å²) in [4.78, 5) is 94.9. The average Bonchev–Trinajstić information content (AvgIpc) is 3.28. The maximum Gasteiger partial charge on any atom is 0.337 e. The van der Waals surface area contributed by atoms with Gasteiger partial charge in [0.25, 0.3) is 11.8 Å². The smallest absolute Gasteiger partial charge is 0.337 e. The van der Waals surface area contributed by atoms with Crippen molar-refractivity contribution in [3.63, 3.8) is 0 Å². The van der Waals surface area contributed by atoms with Crippen molar-refractivity contribution in [2.75, 3.05) is 13.2 Å². The summed E-state index contributed by atoms with van der Waals surface area (Å²) in [5.74, 6) is -7.21. The Hall–Kier alpha value is -4.60. The monoisotopic (exact) mass is 657 g/mol. The predicted molar refractivity (Wildman–Crippen MR) is 162 cm³/mol.